The Labute approximate surface area is 138 Å². The molecule has 0 radical (unpaired) electrons. The van der Waals surface area contributed by atoms with E-state index in [2.05, 4.69) is 37.6 Å². The highest BCUT2D eigenvalue weighted by atomic mass is 16.5. The molecule has 0 aliphatic carbocycles. The number of nitrogens with zero attached hydrogens (tertiary/aromatic N) is 3. The van der Waals surface area contributed by atoms with Crippen LogP contribution in [0.1, 0.15) is 17.0 Å². The van der Waals surface area contributed by atoms with Crippen LogP contribution in [0.5, 0.6) is 0 Å². The number of aromatic nitrogens is 4. The zero-order chi connectivity index (χ0) is 16.5. The highest BCUT2D eigenvalue weighted by molar-refractivity contribution is 5.93. The average molecular weight is 319 g/mol. The van der Waals surface area contributed by atoms with Crippen molar-refractivity contribution in [3.05, 3.63) is 60.0 Å². The van der Waals surface area contributed by atoms with Gasteiger partial charge in [0.15, 0.2) is 0 Å². The largest absolute Gasteiger partial charge is 0.379 e. The summed E-state index contributed by atoms with van der Waals surface area (Å²) in [5, 5.41) is 7.51. The maximum absolute atomic E-state index is 5.31. The van der Waals surface area contributed by atoms with Crippen molar-refractivity contribution in [2.24, 2.45) is 0 Å². The van der Waals surface area contributed by atoms with Crippen LogP contribution in [0.2, 0.25) is 0 Å². The highest BCUT2D eigenvalue weighted by Crippen LogP contribution is 2.33. The van der Waals surface area contributed by atoms with E-state index in [0.29, 0.717) is 6.54 Å². The molecule has 24 heavy (non-hydrogen) atoms. The van der Waals surface area contributed by atoms with Gasteiger partial charge in [-0.2, -0.15) is 0 Å². The number of hydrogen-bond acceptors (Lipinski definition) is 5. The van der Waals surface area contributed by atoms with E-state index in [-0.39, 0.29) is 0 Å². The van der Waals surface area contributed by atoms with Crippen molar-refractivity contribution in [2.75, 3.05) is 5.32 Å². The third-order valence-corrected chi connectivity index (χ3v) is 4.05. The Morgan fingerprint density at radius 3 is 2.92 bits per heavy atom. The molecule has 3 aromatic heterocycles. The van der Waals surface area contributed by atoms with Crippen LogP contribution in [-0.2, 0) is 6.54 Å². The first-order chi connectivity index (χ1) is 11.7. The zero-order valence-electron chi connectivity index (χ0n) is 13.5. The van der Waals surface area contributed by atoms with Crippen LogP contribution in [-0.4, -0.2) is 20.1 Å². The van der Waals surface area contributed by atoms with Crippen LogP contribution in [0.3, 0.4) is 0 Å². The van der Waals surface area contributed by atoms with Crippen LogP contribution in [0.25, 0.3) is 22.2 Å². The van der Waals surface area contributed by atoms with Gasteiger partial charge in [-0.1, -0.05) is 11.2 Å². The SMILES string of the molecule is Cc1noc(C)c1-c1cc(NCc2cccnc2)c2nc[nH]c2c1. The number of benzene rings is 1. The number of H-pyrrole nitrogens is 1. The summed E-state index contributed by atoms with van der Waals surface area (Å²) in [6.45, 7) is 4.56. The van der Waals surface area contributed by atoms with Gasteiger partial charge in [0.05, 0.1) is 23.2 Å². The molecular weight excluding hydrogens is 302 g/mol. The fraction of sp³-hybridized carbons (Fsp3) is 0.167. The van der Waals surface area contributed by atoms with Crippen LogP contribution in [0.4, 0.5) is 5.69 Å². The molecule has 0 bridgehead atoms. The van der Waals surface area contributed by atoms with E-state index in [1.54, 1.807) is 12.5 Å². The molecule has 120 valence electrons. The topological polar surface area (TPSA) is 79.6 Å². The summed E-state index contributed by atoms with van der Waals surface area (Å²) in [6, 6.07) is 8.14. The molecule has 0 fully saturated rings. The first kappa shape index (κ1) is 14.4. The lowest BCUT2D eigenvalue weighted by Gasteiger charge is -2.10. The number of nitrogens with one attached hydrogen (secondary N) is 2. The molecule has 4 aromatic rings. The second-order valence-corrected chi connectivity index (χ2v) is 5.74. The smallest absolute Gasteiger partial charge is 0.141 e. The molecule has 0 saturated heterocycles. The molecule has 6 heteroatoms. The van der Waals surface area contributed by atoms with Crippen molar-refractivity contribution in [1.29, 1.82) is 0 Å². The maximum Gasteiger partial charge on any atom is 0.141 e. The van der Waals surface area contributed by atoms with Crippen LogP contribution < -0.4 is 5.32 Å². The van der Waals surface area contributed by atoms with Crippen molar-refractivity contribution in [2.45, 2.75) is 20.4 Å². The first-order valence-electron chi connectivity index (χ1n) is 7.75. The van der Waals surface area contributed by atoms with Gasteiger partial charge in [0, 0.05) is 24.5 Å². The van der Waals surface area contributed by atoms with Crippen molar-refractivity contribution in [3.63, 3.8) is 0 Å². The molecule has 0 amide bonds. The molecule has 0 saturated carbocycles. The lowest BCUT2D eigenvalue weighted by atomic mass is 10.0. The van der Waals surface area contributed by atoms with E-state index in [1.807, 2.05) is 32.2 Å². The Bertz CT molecular complexity index is 968. The van der Waals surface area contributed by atoms with E-state index >= 15 is 0 Å². The number of pyridine rings is 1. The number of hydrogen-bond donors (Lipinski definition) is 2. The Balaban J connectivity index is 1.75. The van der Waals surface area contributed by atoms with Crippen LogP contribution in [0, 0.1) is 13.8 Å². The standard InChI is InChI=1S/C18H17N5O/c1-11-17(12(2)24-23-11)14-6-15(18-16(7-14)21-10-22-18)20-9-13-4-3-5-19-8-13/h3-8,10,20H,9H2,1-2H3,(H,21,22). The number of rotatable bonds is 4. The number of aryl methyl sites for hydroxylation is 2. The van der Waals surface area contributed by atoms with E-state index < -0.39 is 0 Å². The highest BCUT2D eigenvalue weighted by Gasteiger charge is 2.15. The maximum atomic E-state index is 5.31. The van der Waals surface area contributed by atoms with E-state index in [9.17, 15) is 0 Å². The predicted molar refractivity (Wildman–Crippen MR) is 92.6 cm³/mol. The molecule has 2 N–H and O–H groups in total. The minimum Gasteiger partial charge on any atom is -0.379 e. The van der Waals surface area contributed by atoms with Crippen molar-refractivity contribution >= 4 is 16.7 Å². The molecule has 0 spiro atoms. The van der Waals surface area contributed by atoms with Gasteiger partial charge in [0.25, 0.3) is 0 Å². The Morgan fingerprint density at radius 1 is 1.25 bits per heavy atom. The fourth-order valence-electron chi connectivity index (χ4n) is 2.92. The number of aromatic amines is 1. The van der Waals surface area contributed by atoms with Crippen LogP contribution >= 0.6 is 0 Å². The third kappa shape index (κ3) is 2.52. The van der Waals surface area contributed by atoms with Gasteiger partial charge < -0.3 is 14.8 Å². The molecule has 4 rings (SSSR count). The van der Waals surface area contributed by atoms with Crippen molar-refractivity contribution < 1.29 is 4.52 Å². The van der Waals surface area contributed by atoms with E-state index in [4.69, 9.17) is 4.52 Å². The predicted octanol–water partition coefficient (Wildman–Crippen LogP) is 3.84. The Kier molecular flexibility index (Phi) is 3.49. The number of fused-ring (bicyclic) bond motifs is 1. The summed E-state index contributed by atoms with van der Waals surface area (Å²) in [5.41, 5.74) is 6.92. The molecule has 0 aliphatic rings. The molecule has 6 nitrogen and oxygen atoms in total. The molecule has 0 unspecified atom stereocenters. The zero-order valence-corrected chi connectivity index (χ0v) is 13.5. The van der Waals surface area contributed by atoms with Crippen molar-refractivity contribution in [3.8, 4) is 11.1 Å². The lowest BCUT2D eigenvalue weighted by Crippen LogP contribution is -2.01. The first-order valence-corrected chi connectivity index (χ1v) is 7.75. The van der Waals surface area contributed by atoms with Gasteiger partial charge in [-0.15, -0.1) is 0 Å². The Hall–Kier alpha value is -3.15. The lowest BCUT2D eigenvalue weighted by molar-refractivity contribution is 0.393. The molecule has 0 atom stereocenters. The minimum absolute atomic E-state index is 0.681. The summed E-state index contributed by atoms with van der Waals surface area (Å²) >= 11 is 0. The van der Waals surface area contributed by atoms with Gasteiger partial charge in [-0.25, -0.2) is 4.98 Å². The fourth-order valence-corrected chi connectivity index (χ4v) is 2.92. The van der Waals surface area contributed by atoms with Gasteiger partial charge in [-0.05, 0) is 43.2 Å². The minimum atomic E-state index is 0.681. The number of imidazole rings is 1. The van der Waals surface area contributed by atoms with Gasteiger partial charge in [0.1, 0.15) is 11.3 Å². The second kappa shape index (κ2) is 5.81. The normalized spacial score (nSPS) is 11.1. The number of anilines is 1. The monoisotopic (exact) mass is 319 g/mol. The quantitative estimate of drug-likeness (QED) is 0.597. The third-order valence-electron chi connectivity index (χ3n) is 4.05. The summed E-state index contributed by atoms with van der Waals surface area (Å²) in [6.07, 6.45) is 5.33. The van der Waals surface area contributed by atoms with Crippen molar-refractivity contribution in [1.82, 2.24) is 20.1 Å². The summed E-state index contributed by atoms with van der Waals surface area (Å²) in [7, 11) is 0. The van der Waals surface area contributed by atoms with Gasteiger partial charge in [0.2, 0.25) is 0 Å². The second-order valence-electron chi connectivity index (χ2n) is 5.74. The molecule has 1 aromatic carbocycles. The summed E-state index contributed by atoms with van der Waals surface area (Å²) in [5.74, 6) is 0.810. The van der Waals surface area contributed by atoms with Gasteiger partial charge >= 0.3 is 0 Å². The Morgan fingerprint density at radius 2 is 2.17 bits per heavy atom. The molecule has 3 heterocycles. The van der Waals surface area contributed by atoms with E-state index in [1.165, 1.54) is 0 Å². The average Bonchev–Trinajstić information content (AvgIpc) is 3.20. The molecular formula is C18H17N5O. The van der Waals surface area contributed by atoms with E-state index in [0.717, 1.165) is 44.9 Å². The van der Waals surface area contributed by atoms with Crippen LogP contribution in [0.15, 0.2) is 47.5 Å². The molecule has 0 aliphatic heterocycles. The summed E-state index contributed by atoms with van der Waals surface area (Å²) in [4.78, 5) is 11.8. The summed E-state index contributed by atoms with van der Waals surface area (Å²) < 4.78 is 5.31. The van der Waals surface area contributed by atoms with Gasteiger partial charge in [-0.3, -0.25) is 4.98 Å².